The molecule has 0 spiro atoms. The van der Waals surface area contributed by atoms with E-state index in [1.165, 1.54) is 0 Å². The Hall–Kier alpha value is -1.49. The van der Waals surface area contributed by atoms with Crippen LogP contribution in [-0.4, -0.2) is 18.2 Å². The van der Waals surface area contributed by atoms with Gasteiger partial charge in [0.05, 0.1) is 5.69 Å². The summed E-state index contributed by atoms with van der Waals surface area (Å²) in [5.74, 6) is 0. The van der Waals surface area contributed by atoms with Crippen molar-refractivity contribution in [1.82, 2.24) is 4.98 Å². The number of benzene rings is 1. The van der Waals surface area contributed by atoms with Gasteiger partial charge >= 0.3 is 0 Å². The van der Waals surface area contributed by atoms with Crippen LogP contribution in [-0.2, 0) is 16.0 Å². The maximum absolute atomic E-state index is 5.62. The van der Waals surface area contributed by atoms with E-state index in [1.54, 1.807) is 0 Å². The Balaban J connectivity index is 2.37. The zero-order chi connectivity index (χ0) is 13.7. The lowest BCUT2D eigenvalue weighted by molar-refractivity contribution is -0.140. The van der Waals surface area contributed by atoms with Crippen LogP contribution in [0.1, 0.15) is 31.4 Å². The molecule has 4 heteroatoms. The van der Waals surface area contributed by atoms with Gasteiger partial charge in [0.2, 0.25) is 0 Å². The SMILES string of the molecule is CCOC(OCC)c1ccc2cnc(CN)cc2c1. The van der Waals surface area contributed by atoms with Gasteiger partial charge in [-0.1, -0.05) is 12.1 Å². The Morgan fingerprint density at radius 3 is 2.47 bits per heavy atom. The van der Waals surface area contributed by atoms with Crippen LogP contribution in [0.2, 0.25) is 0 Å². The molecule has 0 saturated carbocycles. The topological polar surface area (TPSA) is 57.4 Å². The predicted octanol–water partition coefficient (Wildman–Crippen LogP) is 2.77. The van der Waals surface area contributed by atoms with E-state index in [0.717, 1.165) is 22.0 Å². The maximum Gasteiger partial charge on any atom is 0.183 e. The van der Waals surface area contributed by atoms with Crippen molar-refractivity contribution >= 4 is 10.8 Å². The first-order chi connectivity index (χ1) is 9.28. The van der Waals surface area contributed by atoms with E-state index in [0.29, 0.717) is 19.8 Å². The highest BCUT2D eigenvalue weighted by atomic mass is 16.7. The molecule has 0 saturated heterocycles. The molecule has 0 bridgehead atoms. The third-order valence-electron chi connectivity index (χ3n) is 2.92. The lowest BCUT2D eigenvalue weighted by atomic mass is 10.1. The van der Waals surface area contributed by atoms with Gasteiger partial charge in [-0.3, -0.25) is 4.98 Å². The molecule has 4 nitrogen and oxygen atoms in total. The molecule has 1 aromatic heterocycles. The molecule has 102 valence electrons. The van der Waals surface area contributed by atoms with Gasteiger partial charge in [-0.15, -0.1) is 0 Å². The molecule has 0 aliphatic carbocycles. The summed E-state index contributed by atoms with van der Waals surface area (Å²) in [6.45, 7) is 5.60. The molecular formula is C15H20N2O2. The average Bonchev–Trinajstić information content (AvgIpc) is 2.46. The fraction of sp³-hybridized carbons (Fsp3) is 0.400. The lowest BCUT2D eigenvalue weighted by Gasteiger charge is -2.17. The van der Waals surface area contributed by atoms with E-state index in [2.05, 4.69) is 11.1 Å². The van der Waals surface area contributed by atoms with Gasteiger partial charge in [0, 0.05) is 36.9 Å². The molecule has 0 aliphatic rings. The minimum atomic E-state index is -0.311. The van der Waals surface area contributed by atoms with Gasteiger partial charge in [-0.25, -0.2) is 0 Å². The van der Waals surface area contributed by atoms with Crippen molar-refractivity contribution in [2.24, 2.45) is 5.73 Å². The third-order valence-corrected chi connectivity index (χ3v) is 2.92. The van der Waals surface area contributed by atoms with E-state index >= 15 is 0 Å². The highest BCUT2D eigenvalue weighted by Crippen LogP contribution is 2.24. The molecule has 0 amide bonds. The second kappa shape index (κ2) is 6.61. The van der Waals surface area contributed by atoms with Crippen molar-refractivity contribution < 1.29 is 9.47 Å². The summed E-state index contributed by atoms with van der Waals surface area (Å²) in [6.07, 6.45) is 1.53. The van der Waals surface area contributed by atoms with E-state index < -0.39 is 0 Å². The number of nitrogens with zero attached hydrogens (tertiary/aromatic N) is 1. The first-order valence-corrected chi connectivity index (χ1v) is 6.60. The molecule has 0 radical (unpaired) electrons. The van der Waals surface area contributed by atoms with Gasteiger partial charge in [0.1, 0.15) is 0 Å². The normalized spacial score (nSPS) is 11.4. The van der Waals surface area contributed by atoms with Gasteiger partial charge in [-0.05, 0) is 31.4 Å². The Morgan fingerprint density at radius 1 is 1.11 bits per heavy atom. The number of pyridine rings is 1. The molecule has 2 rings (SSSR count). The molecular weight excluding hydrogens is 240 g/mol. The highest BCUT2D eigenvalue weighted by Gasteiger charge is 2.11. The van der Waals surface area contributed by atoms with Crippen LogP contribution < -0.4 is 5.73 Å². The van der Waals surface area contributed by atoms with Crippen molar-refractivity contribution in [3.63, 3.8) is 0 Å². The van der Waals surface area contributed by atoms with Crippen molar-refractivity contribution in [2.45, 2.75) is 26.7 Å². The number of nitrogens with two attached hydrogens (primary N) is 1. The molecule has 1 aromatic carbocycles. The van der Waals surface area contributed by atoms with Gasteiger partial charge in [-0.2, -0.15) is 0 Å². The van der Waals surface area contributed by atoms with Crippen LogP contribution >= 0.6 is 0 Å². The standard InChI is InChI=1S/C15H20N2O2/c1-3-18-15(19-4-2)11-5-6-12-10-17-14(9-16)8-13(12)7-11/h5-8,10,15H,3-4,9,16H2,1-2H3. The summed E-state index contributed by atoms with van der Waals surface area (Å²) in [5, 5.41) is 2.20. The number of rotatable bonds is 6. The van der Waals surface area contributed by atoms with Crippen LogP contribution in [0, 0.1) is 0 Å². The number of ether oxygens (including phenoxy) is 2. The number of fused-ring (bicyclic) bond motifs is 1. The molecule has 1 heterocycles. The summed E-state index contributed by atoms with van der Waals surface area (Å²) < 4.78 is 11.2. The summed E-state index contributed by atoms with van der Waals surface area (Å²) in [4.78, 5) is 4.29. The van der Waals surface area contributed by atoms with Crippen LogP contribution in [0.25, 0.3) is 10.8 Å². The highest BCUT2D eigenvalue weighted by molar-refractivity contribution is 5.82. The Labute approximate surface area is 113 Å². The Morgan fingerprint density at radius 2 is 1.84 bits per heavy atom. The van der Waals surface area contributed by atoms with Gasteiger partial charge in [0.15, 0.2) is 6.29 Å². The smallest absolute Gasteiger partial charge is 0.183 e. The minimum Gasteiger partial charge on any atom is -0.349 e. The van der Waals surface area contributed by atoms with Crippen LogP contribution in [0.15, 0.2) is 30.5 Å². The summed E-state index contributed by atoms with van der Waals surface area (Å²) in [7, 11) is 0. The maximum atomic E-state index is 5.62. The number of aromatic nitrogens is 1. The van der Waals surface area contributed by atoms with Crippen LogP contribution in [0.4, 0.5) is 0 Å². The van der Waals surface area contributed by atoms with Crippen LogP contribution in [0.5, 0.6) is 0 Å². The Bertz CT molecular complexity index is 537. The lowest BCUT2D eigenvalue weighted by Crippen LogP contribution is -2.08. The van der Waals surface area contributed by atoms with E-state index in [1.807, 2.05) is 38.2 Å². The molecule has 2 aromatic rings. The van der Waals surface area contributed by atoms with Crippen LogP contribution in [0.3, 0.4) is 0 Å². The van der Waals surface area contributed by atoms with Crippen molar-refractivity contribution in [3.05, 3.63) is 41.7 Å². The fourth-order valence-electron chi connectivity index (χ4n) is 2.01. The monoisotopic (exact) mass is 260 g/mol. The van der Waals surface area contributed by atoms with Crippen molar-refractivity contribution in [1.29, 1.82) is 0 Å². The second-order valence-corrected chi connectivity index (χ2v) is 4.23. The Kier molecular flexibility index (Phi) is 4.85. The zero-order valence-corrected chi connectivity index (χ0v) is 11.4. The summed E-state index contributed by atoms with van der Waals surface area (Å²) >= 11 is 0. The van der Waals surface area contributed by atoms with E-state index in [-0.39, 0.29) is 6.29 Å². The number of hydrogen-bond acceptors (Lipinski definition) is 4. The summed E-state index contributed by atoms with van der Waals surface area (Å²) in [5.41, 5.74) is 7.52. The first-order valence-electron chi connectivity index (χ1n) is 6.60. The van der Waals surface area contributed by atoms with E-state index in [4.69, 9.17) is 15.2 Å². The molecule has 0 aliphatic heterocycles. The largest absolute Gasteiger partial charge is 0.349 e. The molecule has 0 atom stereocenters. The second-order valence-electron chi connectivity index (χ2n) is 4.23. The number of hydrogen-bond donors (Lipinski definition) is 1. The van der Waals surface area contributed by atoms with Crippen molar-refractivity contribution in [3.8, 4) is 0 Å². The van der Waals surface area contributed by atoms with Gasteiger partial charge in [0.25, 0.3) is 0 Å². The summed E-state index contributed by atoms with van der Waals surface area (Å²) in [6, 6.07) is 8.13. The zero-order valence-electron chi connectivity index (χ0n) is 11.4. The molecule has 19 heavy (non-hydrogen) atoms. The predicted molar refractivity (Wildman–Crippen MR) is 75.6 cm³/mol. The quantitative estimate of drug-likeness (QED) is 0.811. The minimum absolute atomic E-state index is 0.311. The molecule has 0 fully saturated rings. The first kappa shape index (κ1) is 13.9. The average molecular weight is 260 g/mol. The third kappa shape index (κ3) is 3.29. The fourth-order valence-corrected chi connectivity index (χ4v) is 2.01. The molecule has 2 N–H and O–H groups in total. The van der Waals surface area contributed by atoms with Gasteiger partial charge < -0.3 is 15.2 Å². The van der Waals surface area contributed by atoms with Crippen molar-refractivity contribution in [2.75, 3.05) is 13.2 Å². The van der Waals surface area contributed by atoms with E-state index in [9.17, 15) is 0 Å². The molecule has 0 unspecified atom stereocenters.